The zero-order chi connectivity index (χ0) is 21.0. The number of rotatable bonds is 7. The first-order valence-corrected chi connectivity index (χ1v) is 10.3. The van der Waals surface area contributed by atoms with E-state index in [-0.39, 0.29) is 11.5 Å². The molecule has 8 heteroatoms. The number of carbonyl (C=O) groups excluding carboxylic acids is 2. The van der Waals surface area contributed by atoms with Gasteiger partial charge in [-0.3, -0.25) is 9.59 Å². The summed E-state index contributed by atoms with van der Waals surface area (Å²) in [4.78, 5) is 26.6. The summed E-state index contributed by atoms with van der Waals surface area (Å²) in [6.07, 6.45) is 3.20. The first kappa shape index (κ1) is 21.3. The average molecular weight is 450 g/mol. The Morgan fingerprint density at radius 2 is 1.97 bits per heavy atom. The fourth-order valence-electron chi connectivity index (χ4n) is 2.67. The molecule has 1 aliphatic rings. The van der Waals surface area contributed by atoms with Gasteiger partial charge in [0.25, 0.3) is 11.1 Å². The average Bonchev–Trinajstić information content (AvgIpc) is 2.94. The summed E-state index contributed by atoms with van der Waals surface area (Å²) < 4.78 is 11.2. The van der Waals surface area contributed by atoms with Crippen LogP contribution in [0.3, 0.4) is 0 Å². The predicted molar refractivity (Wildman–Crippen MR) is 118 cm³/mol. The highest BCUT2D eigenvalue weighted by Gasteiger charge is 2.36. The molecule has 0 spiro atoms. The number of ether oxygens (including phenoxy) is 2. The predicted octanol–water partition coefficient (Wildman–Crippen LogP) is 6.20. The fraction of sp³-hybridized carbons (Fsp3) is 0.143. The quantitative estimate of drug-likeness (QED) is 0.372. The maximum Gasteiger partial charge on any atom is 0.298 e. The molecule has 1 heterocycles. The van der Waals surface area contributed by atoms with Crippen molar-refractivity contribution in [2.24, 2.45) is 0 Å². The van der Waals surface area contributed by atoms with E-state index in [1.54, 1.807) is 48.6 Å². The summed E-state index contributed by atoms with van der Waals surface area (Å²) in [5.74, 6) is 0.420. The minimum Gasteiger partial charge on any atom is -0.490 e. The van der Waals surface area contributed by atoms with Gasteiger partial charge in [-0.25, -0.2) is 4.90 Å². The highest BCUT2D eigenvalue weighted by molar-refractivity contribution is 8.19. The first-order chi connectivity index (χ1) is 13.9. The third kappa shape index (κ3) is 4.78. The number of anilines is 1. The summed E-state index contributed by atoms with van der Waals surface area (Å²) in [6, 6.07) is 9.93. The largest absolute Gasteiger partial charge is 0.490 e. The molecular formula is C21H17Cl2NO4S. The van der Waals surface area contributed by atoms with Crippen LogP contribution in [0, 0.1) is 0 Å². The molecule has 0 unspecified atom stereocenters. The molecule has 0 aliphatic carbocycles. The molecule has 0 saturated carbocycles. The molecule has 0 N–H and O–H groups in total. The summed E-state index contributed by atoms with van der Waals surface area (Å²) >= 11 is 13.2. The standard InChI is InChI=1S/C21H17Cl2NO4S/c1-3-8-28-19-16(23)9-13(10-17(19)27-4-2)11-18-20(25)24(21(26)29-18)15-7-5-6-14(22)12-15/h3,5-7,9-12H,1,4,8H2,2H3. The van der Waals surface area contributed by atoms with Crippen molar-refractivity contribution in [1.82, 2.24) is 0 Å². The van der Waals surface area contributed by atoms with Crippen molar-refractivity contribution in [1.29, 1.82) is 0 Å². The normalized spacial score (nSPS) is 15.1. The van der Waals surface area contributed by atoms with Gasteiger partial charge < -0.3 is 9.47 Å². The van der Waals surface area contributed by atoms with E-state index >= 15 is 0 Å². The van der Waals surface area contributed by atoms with Crippen LogP contribution < -0.4 is 14.4 Å². The number of benzene rings is 2. The Balaban J connectivity index is 1.94. The van der Waals surface area contributed by atoms with Gasteiger partial charge >= 0.3 is 0 Å². The van der Waals surface area contributed by atoms with Gasteiger partial charge in [0.05, 0.1) is 22.2 Å². The maximum absolute atomic E-state index is 12.8. The van der Waals surface area contributed by atoms with E-state index in [1.165, 1.54) is 0 Å². The molecule has 0 aromatic heterocycles. The number of halogens is 2. The van der Waals surface area contributed by atoms with Crippen molar-refractivity contribution >= 4 is 57.9 Å². The number of nitrogens with zero attached hydrogens (tertiary/aromatic N) is 1. The Labute approximate surface area is 182 Å². The number of hydrogen-bond donors (Lipinski definition) is 0. The lowest BCUT2D eigenvalue weighted by Crippen LogP contribution is -2.27. The van der Waals surface area contributed by atoms with Gasteiger partial charge in [0.15, 0.2) is 11.5 Å². The van der Waals surface area contributed by atoms with Crippen LogP contribution in [0.5, 0.6) is 11.5 Å². The van der Waals surface area contributed by atoms with Crippen LogP contribution in [0.1, 0.15) is 12.5 Å². The molecule has 1 saturated heterocycles. The highest BCUT2D eigenvalue weighted by atomic mass is 35.5. The van der Waals surface area contributed by atoms with E-state index in [0.29, 0.717) is 39.4 Å². The second kappa shape index (κ2) is 9.39. The van der Waals surface area contributed by atoms with Crippen molar-refractivity contribution in [3.8, 4) is 11.5 Å². The van der Waals surface area contributed by atoms with Gasteiger partial charge in [-0.2, -0.15) is 0 Å². The SMILES string of the molecule is C=CCOc1c(Cl)cc(C=C2SC(=O)N(c3cccc(Cl)c3)C2=O)cc1OCC. The summed E-state index contributed by atoms with van der Waals surface area (Å²) in [6.45, 7) is 6.15. The summed E-state index contributed by atoms with van der Waals surface area (Å²) in [5.41, 5.74) is 1.03. The number of amides is 2. The third-order valence-electron chi connectivity index (χ3n) is 3.84. The summed E-state index contributed by atoms with van der Waals surface area (Å²) in [7, 11) is 0. The lowest BCUT2D eigenvalue weighted by atomic mass is 10.1. The molecule has 2 amide bonds. The van der Waals surface area contributed by atoms with Gasteiger partial charge in [0.1, 0.15) is 6.61 Å². The number of imide groups is 1. The molecule has 2 aromatic carbocycles. The Bertz CT molecular complexity index is 1010. The van der Waals surface area contributed by atoms with Gasteiger partial charge in [-0.15, -0.1) is 0 Å². The lowest BCUT2D eigenvalue weighted by Gasteiger charge is -2.14. The molecule has 0 atom stereocenters. The van der Waals surface area contributed by atoms with E-state index in [1.807, 2.05) is 6.92 Å². The van der Waals surface area contributed by atoms with Gasteiger partial charge in [0.2, 0.25) is 0 Å². The number of carbonyl (C=O) groups is 2. The lowest BCUT2D eigenvalue weighted by molar-refractivity contribution is -0.113. The molecule has 0 bridgehead atoms. The van der Waals surface area contributed by atoms with Crippen LogP contribution in [-0.4, -0.2) is 24.4 Å². The molecular weight excluding hydrogens is 433 g/mol. The minimum absolute atomic E-state index is 0.272. The molecule has 29 heavy (non-hydrogen) atoms. The number of hydrogen-bond acceptors (Lipinski definition) is 5. The zero-order valence-electron chi connectivity index (χ0n) is 15.5. The molecule has 0 radical (unpaired) electrons. The zero-order valence-corrected chi connectivity index (χ0v) is 17.8. The van der Waals surface area contributed by atoms with Crippen LogP contribution in [-0.2, 0) is 4.79 Å². The van der Waals surface area contributed by atoms with Crippen LogP contribution >= 0.6 is 35.0 Å². The summed E-state index contributed by atoms with van der Waals surface area (Å²) in [5, 5.41) is 0.373. The Kier molecular flexibility index (Phi) is 6.90. The smallest absolute Gasteiger partial charge is 0.298 e. The monoisotopic (exact) mass is 449 g/mol. The highest BCUT2D eigenvalue weighted by Crippen LogP contribution is 2.40. The van der Waals surface area contributed by atoms with E-state index in [4.69, 9.17) is 32.7 Å². The minimum atomic E-state index is -0.427. The third-order valence-corrected chi connectivity index (χ3v) is 5.22. The van der Waals surface area contributed by atoms with E-state index < -0.39 is 11.1 Å². The van der Waals surface area contributed by atoms with Crippen molar-refractivity contribution in [3.63, 3.8) is 0 Å². The van der Waals surface area contributed by atoms with Gasteiger partial charge in [-0.1, -0.05) is 41.9 Å². The number of thioether (sulfide) groups is 1. The van der Waals surface area contributed by atoms with Crippen LogP contribution in [0.15, 0.2) is 54.0 Å². The molecule has 2 aromatic rings. The van der Waals surface area contributed by atoms with E-state index in [0.717, 1.165) is 16.7 Å². The Hall–Kier alpha value is -2.41. The fourth-order valence-corrected chi connectivity index (χ4v) is 3.97. The molecule has 3 rings (SSSR count). The Morgan fingerprint density at radius 1 is 1.17 bits per heavy atom. The second-order valence-corrected chi connectivity index (χ2v) is 7.70. The molecule has 1 fully saturated rings. The van der Waals surface area contributed by atoms with Crippen LogP contribution in [0.2, 0.25) is 10.0 Å². The maximum atomic E-state index is 12.8. The Morgan fingerprint density at radius 3 is 2.66 bits per heavy atom. The molecule has 5 nitrogen and oxygen atoms in total. The van der Waals surface area contributed by atoms with Crippen LogP contribution in [0.4, 0.5) is 10.5 Å². The van der Waals surface area contributed by atoms with Crippen molar-refractivity contribution in [3.05, 3.63) is 69.6 Å². The van der Waals surface area contributed by atoms with E-state index in [2.05, 4.69) is 6.58 Å². The topological polar surface area (TPSA) is 55.8 Å². The second-order valence-electron chi connectivity index (χ2n) is 5.86. The first-order valence-electron chi connectivity index (χ1n) is 8.68. The van der Waals surface area contributed by atoms with E-state index in [9.17, 15) is 9.59 Å². The van der Waals surface area contributed by atoms with Crippen LogP contribution in [0.25, 0.3) is 6.08 Å². The van der Waals surface area contributed by atoms with Gasteiger partial charge in [0, 0.05) is 5.02 Å². The van der Waals surface area contributed by atoms with Crippen molar-refractivity contribution in [2.45, 2.75) is 6.92 Å². The van der Waals surface area contributed by atoms with Crippen molar-refractivity contribution in [2.75, 3.05) is 18.1 Å². The molecule has 1 aliphatic heterocycles. The van der Waals surface area contributed by atoms with Gasteiger partial charge in [-0.05, 0) is 60.7 Å². The van der Waals surface area contributed by atoms with Crippen molar-refractivity contribution < 1.29 is 19.1 Å². The molecule has 150 valence electrons.